The number of aliphatic hydroxyl groups is 3. The van der Waals surface area contributed by atoms with E-state index in [9.17, 15) is 25.4 Å². The maximum atomic E-state index is 11.4. The second-order valence-corrected chi connectivity index (χ2v) is 8.99. The summed E-state index contributed by atoms with van der Waals surface area (Å²) in [7, 11) is 0. The number of hydrogen-bond donors (Lipinski definition) is 4. The summed E-state index contributed by atoms with van der Waals surface area (Å²) in [5, 5.41) is 50.5. The highest BCUT2D eigenvalue weighted by molar-refractivity contribution is 7.99. The summed E-state index contributed by atoms with van der Waals surface area (Å²) in [6.07, 6.45) is -0.836. The van der Waals surface area contributed by atoms with Crippen LogP contribution in [0.15, 0.2) is 33.5 Å². The van der Waals surface area contributed by atoms with Crippen LogP contribution in [0.5, 0.6) is 0 Å². The number of thiazole rings is 1. The van der Waals surface area contributed by atoms with Crippen LogP contribution in [0.25, 0.3) is 11.4 Å². The van der Waals surface area contributed by atoms with E-state index in [0.29, 0.717) is 21.3 Å². The van der Waals surface area contributed by atoms with Gasteiger partial charge in [0, 0.05) is 16.5 Å². The molecule has 1 fully saturated rings. The molecule has 0 amide bonds. The Morgan fingerprint density at radius 1 is 1.42 bits per heavy atom. The van der Waals surface area contributed by atoms with Gasteiger partial charge in [-0.2, -0.15) is 5.26 Å². The molecule has 1 aliphatic heterocycles. The third-order valence-corrected chi connectivity index (χ3v) is 6.69. The number of hydrogen-bond acceptors (Lipinski definition) is 11. The lowest BCUT2D eigenvalue weighted by Gasteiger charge is -2.41. The summed E-state index contributed by atoms with van der Waals surface area (Å²) in [5.74, 6) is 0. The van der Waals surface area contributed by atoms with Crippen LogP contribution in [0.3, 0.4) is 0 Å². The largest absolute Gasteiger partial charge is 0.394 e. The Kier molecular flexibility index (Phi) is 6.39. The van der Waals surface area contributed by atoms with Gasteiger partial charge in [-0.15, -0.1) is 5.10 Å². The number of aromatic nitrogens is 5. The number of aromatic amines is 1. The molecule has 0 bridgehead atoms. The van der Waals surface area contributed by atoms with E-state index in [1.165, 1.54) is 23.1 Å². The van der Waals surface area contributed by atoms with Crippen LogP contribution in [0.1, 0.15) is 11.7 Å². The lowest BCUT2D eigenvalue weighted by Crippen LogP contribution is -2.55. The zero-order valence-electron chi connectivity index (χ0n) is 15.5. The summed E-state index contributed by atoms with van der Waals surface area (Å²) in [4.78, 5) is 18.1. The Labute approximate surface area is 187 Å². The second-order valence-electron chi connectivity index (χ2n) is 6.57. The van der Waals surface area contributed by atoms with Gasteiger partial charge >= 0.3 is 4.87 Å². The van der Waals surface area contributed by atoms with Gasteiger partial charge in [0.1, 0.15) is 41.6 Å². The predicted molar refractivity (Wildman–Crippen MR) is 111 cm³/mol. The van der Waals surface area contributed by atoms with Gasteiger partial charge in [0.2, 0.25) is 0 Å². The monoisotopic (exact) mass is 482 g/mol. The Bertz CT molecular complexity index is 1180. The van der Waals surface area contributed by atoms with Gasteiger partial charge in [0.25, 0.3) is 0 Å². The molecule has 31 heavy (non-hydrogen) atoms. The van der Waals surface area contributed by atoms with Crippen LogP contribution in [0, 0.1) is 11.3 Å². The van der Waals surface area contributed by atoms with E-state index in [1.807, 2.05) is 6.07 Å². The van der Waals surface area contributed by atoms with Gasteiger partial charge in [-0.3, -0.25) is 4.79 Å². The molecule has 4 N–H and O–H groups in total. The van der Waals surface area contributed by atoms with E-state index in [2.05, 4.69) is 20.3 Å². The van der Waals surface area contributed by atoms with E-state index in [0.717, 1.165) is 23.1 Å². The Morgan fingerprint density at radius 2 is 2.23 bits per heavy atom. The van der Waals surface area contributed by atoms with Crippen LogP contribution in [-0.2, 0) is 4.74 Å². The molecule has 3 aromatic heterocycles. The van der Waals surface area contributed by atoms with Gasteiger partial charge in [-0.1, -0.05) is 39.9 Å². The highest BCUT2D eigenvalue weighted by Crippen LogP contribution is 2.39. The van der Waals surface area contributed by atoms with Crippen molar-refractivity contribution in [2.24, 2.45) is 0 Å². The van der Waals surface area contributed by atoms with Crippen molar-refractivity contribution in [3.05, 3.63) is 44.2 Å². The standard InChI is InChI=1S/C17H15ClN6O5S2/c18-7-1-12(8(2-19)20-3-7)31-16-15(27)13(14(26)11(5-25)29-16)24-4-9(22-23-24)10-6-30-17(28)21-10/h1,3-4,6,11,13-16,25-27H,5H2,(H,21,28). The normalized spacial score (nSPS) is 26.0. The average Bonchev–Trinajstić information content (AvgIpc) is 3.39. The molecular formula is C17H15ClN6O5S2. The number of H-pyrrole nitrogens is 1. The lowest BCUT2D eigenvalue weighted by atomic mass is 9.97. The molecule has 162 valence electrons. The molecule has 14 heteroatoms. The van der Waals surface area contributed by atoms with Crippen LogP contribution < -0.4 is 4.87 Å². The molecule has 4 heterocycles. The van der Waals surface area contributed by atoms with Crippen LogP contribution in [0.4, 0.5) is 0 Å². The summed E-state index contributed by atoms with van der Waals surface area (Å²) < 4.78 is 6.94. The number of aliphatic hydroxyl groups excluding tert-OH is 3. The molecule has 1 saturated heterocycles. The van der Waals surface area contributed by atoms with E-state index in [1.54, 1.807) is 5.38 Å². The molecule has 0 aromatic carbocycles. The van der Waals surface area contributed by atoms with Gasteiger partial charge in [-0.05, 0) is 6.07 Å². The first-order chi connectivity index (χ1) is 14.9. The van der Waals surface area contributed by atoms with E-state index >= 15 is 0 Å². The number of nitrogens with zero attached hydrogens (tertiary/aromatic N) is 5. The number of pyridine rings is 1. The number of ether oxygens (including phenoxy) is 1. The summed E-state index contributed by atoms with van der Waals surface area (Å²) in [6.45, 7) is -0.514. The summed E-state index contributed by atoms with van der Waals surface area (Å²) >= 11 is 7.94. The average molecular weight is 483 g/mol. The van der Waals surface area contributed by atoms with Crippen molar-refractivity contribution in [1.29, 1.82) is 5.26 Å². The fourth-order valence-corrected chi connectivity index (χ4v) is 5.10. The number of halogens is 1. The molecule has 5 unspecified atom stereocenters. The van der Waals surface area contributed by atoms with E-state index in [4.69, 9.17) is 16.3 Å². The van der Waals surface area contributed by atoms with Crippen molar-refractivity contribution in [2.45, 2.75) is 34.7 Å². The minimum Gasteiger partial charge on any atom is -0.394 e. The van der Waals surface area contributed by atoms with Gasteiger partial charge in [0.15, 0.2) is 5.69 Å². The first-order valence-electron chi connectivity index (χ1n) is 8.86. The quantitative estimate of drug-likeness (QED) is 0.398. The molecule has 0 aliphatic carbocycles. The van der Waals surface area contributed by atoms with Gasteiger partial charge < -0.3 is 25.0 Å². The maximum Gasteiger partial charge on any atom is 0.304 e. The third-order valence-electron chi connectivity index (χ3n) is 4.63. The Hall–Kier alpha value is -2.31. The van der Waals surface area contributed by atoms with Crippen molar-refractivity contribution in [3.8, 4) is 17.5 Å². The molecule has 0 saturated carbocycles. The van der Waals surface area contributed by atoms with Crippen molar-refractivity contribution < 1.29 is 20.1 Å². The second kappa shape index (κ2) is 9.05. The van der Waals surface area contributed by atoms with E-state index in [-0.39, 0.29) is 10.6 Å². The zero-order chi connectivity index (χ0) is 22.1. The fraction of sp³-hybridized carbons (Fsp3) is 0.353. The van der Waals surface area contributed by atoms with Crippen molar-refractivity contribution in [3.63, 3.8) is 0 Å². The molecule has 1 aliphatic rings. The zero-order valence-corrected chi connectivity index (χ0v) is 17.9. The van der Waals surface area contributed by atoms with E-state index < -0.39 is 36.4 Å². The Morgan fingerprint density at radius 3 is 2.90 bits per heavy atom. The molecule has 4 rings (SSSR count). The summed E-state index contributed by atoms with van der Waals surface area (Å²) in [5.41, 5.74) is -0.0882. The van der Waals surface area contributed by atoms with Gasteiger partial charge in [-0.25, -0.2) is 9.67 Å². The van der Waals surface area contributed by atoms with Crippen LogP contribution >= 0.6 is 34.7 Å². The number of thioether (sulfide) groups is 1. The lowest BCUT2D eigenvalue weighted by molar-refractivity contribution is -0.178. The van der Waals surface area contributed by atoms with Gasteiger partial charge in [0.05, 0.1) is 23.5 Å². The molecule has 11 nitrogen and oxygen atoms in total. The molecule has 0 radical (unpaired) electrons. The third kappa shape index (κ3) is 4.37. The number of rotatable bonds is 5. The maximum absolute atomic E-state index is 11.4. The first kappa shape index (κ1) is 21.9. The minimum absolute atomic E-state index is 0.0953. The van der Waals surface area contributed by atoms with Crippen molar-refractivity contribution in [2.75, 3.05) is 6.61 Å². The molecule has 5 atom stereocenters. The highest BCUT2D eigenvalue weighted by atomic mass is 35.5. The molecule has 0 spiro atoms. The number of nitrogens with one attached hydrogen (secondary N) is 1. The highest BCUT2D eigenvalue weighted by Gasteiger charge is 2.46. The fourth-order valence-electron chi connectivity index (χ4n) is 3.15. The molecule has 3 aromatic rings. The Balaban J connectivity index is 1.65. The van der Waals surface area contributed by atoms with Crippen LogP contribution in [0.2, 0.25) is 5.02 Å². The predicted octanol–water partition coefficient (Wildman–Crippen LogP) is 0.387. The number of nitriles is 1. The smallest absolute Gasteiger partial charge is 0.304 e. The topological polar surface area (TPSA) is 170 Å². The van der Waals surface area contributed by atoms with Crippen molar-refractivity contribution >= 4 is 34.7 Å². The SMILES string of the molecule is N#Cc1ncc(Cl)cc1SC1OC(CO)C(O)C(n2cc(-c3csc(=O)[nH]3)nn2)C1O. The molecular weight excluding hydrogens is 468 g/mol. The summed E-state index contributed by atoms with van der Waals surface area (Å²) in [6, 6.07) is 2.44. The minimum atomic E-state index is -1.30. The van der Waals surface area contributed by atoms with Crippen molar-refractivity contribution in [1.82, 2.24) is 25.0 Å². The van der Waals surface area contributed by atoms with Crippen LogP contribution in [-0.4, -0.2) is 70.6 Å². The first-order valence-corrected chi connectivity index (χ1v) is 11.0.